The number of hydrogen-bond acceptors (Lipinski definition) is 4. The Morgan fingerprint density at radius 2 is 0.854 bits per heavy atom. The Labute approximate surface area is 234 Å². The van der Waals surface area contributed by atoms with Gasteiger partial charge in [-0.3, -0.25) is 0 Å². The van der Waals surface area contributed by atoms with Crippen molar-refractivity contribution in [2.24, 2.45) is 0 Å². The van der Waals surface area contributed by atoms with Crippen molar-refractivity contribution in [3.05, 3.63) is 145 Å². The van der Waals surface area contributed by atoms with E-state index in [0.29, 0.717) is 27.0 Å². The third kappa shape index (κ3) is 5.20. The zero-order valence-electron chi connectivity index (χ0n) is 21.5. The second kappa shape index (κ2) is 11.0. The summed E-state index contributed by atoms with van der Waals surface area (Å²) in [4.78, 5) is 13.6. The largest absolute Gasteiger partial charge is 0.309 e. The quantitative estimate of drug-likeness (QED) is 0.206. The molecule has 0 saturated heterocycles. The molecule has 4 nitrogen and oxygen atoms in total. The Morgan fingerprint density at radius 3 is 1.34 bits per heavy atom. The summed E-state index contributed by atoms with van der Waals surface area (Å²) >= 11 is 0. The molecule has 0 aliphatic heterocycles. The van der Waals surface area contributed by atoms with E-state index in [1.165, 1.54) is 30.3 Å². The van der Waals surface area contributed by atoms with Gasteiger partial charge in [-0.1, -0.05) is 84.9 Å². The van der Waals surface area contributed by atoms with Crippen LogP contribution >= 0.6 is 7.14 Å². The number of benzene rings is 5. The van der Waals surface area contributed by atoms with Gasteiger partial charge in [0, 0.05) is 32.6 Å². The smallest absolute Gasteiger partial charge is 0.171 e. The Bertz CT molecular complexity index is 1840. The van der Waals surface area contributed by atoms with Gasteiger partial charge in [-0.25, -0.2) is 28.1 Å². The number of hydrogen-bond donors (Lipinski definition) is 0. The fourth-order valence-electron chi connectivity index (χ4n) is 4.54. The van der Waals surface area contributed by atoms with Crippen LogP contribution in [-0.2, 0) is 4.57 Å². The zero-order valence-corrected chi connectivity index (χ0v) is 22.3. The maximum Gasteiger partial charge on any atom is 0.171 e. The molecule has 0 atom stereocenters. The van der Waals surface area contributed by atoms with Crippen LogP contribution in [0.2, 0.25) is 0 Å². The average Bonchev–Trinajstić information content (AvgIpc) is 3.03. The first-order valence-electron chi connectivity index (χ1n) is 12.7. The monoisotopic (exact) mass is 563 g/mol. The maximum atomic E-state index is 14.7. The second-order valence-electron chi connectivity index (χ2n) is 9.27. The van der Waals surface area contributed by atoms with E-state index in [1.54, 1.807) is 24.3 Å². The highest BCUT2D eigenvalue weighted by atomic mass is 31.2. The van der Waals surface area contributed by atoms with Gasteiger partial charge >= 0.3 is 0 Å². The molecule has 0 radical (unpaired) electrons. The van der Waals surface area contributed by atoms with E-state index in [-0.39, 0.29) is 23.0 Å². The van der Waals surface area contributed by atoms with Crippen molar-refractivity contribution in [3.8, 4) is 34.2 Å². The van der Waals surface area contributed by atoms with E-state index in [9.17, 15) is 17.7 Å². The molecule has 0 bridgehead atoms. The molecule has 0 aliphatic carbocycles. The van der Waals surface area contributed by atoms with E-state index in [0.717, 1.165) is 12.1 Å². The van der Waals surface area contributed by atoms with Crippen molar-refractivity contribution in [1.29, 1.82) is 0 Å². The van der Waals surface area contributed by atoms with Gasteiger partial charge in [0.15, 0.2) is 36.2 Å². The van der Waals surface area contributed by atoms with Gasteiger partial charge in [-0.15, -0.1) is 0 Å². The summed E-state index contributed by atoms with van der Waals surface area (Å²) in [6.07, 6.45) is 0. The van der Waals surface area contributed by atoms with Gasteiger partial charge in [0.05, 0.1) is 0 Å². The van der Waals surface area contributed by atoms with E-state index >= 15 is 0 Å². The Kier molecular flexibility index (Phi) is 7.04. The maximum absolute atomic E-state index is 14.7. The van der Waals surface area contributed by atoms with E-state index in [1.807, 2.05) is 60.7 Å². The minimum atomic E-state index is -3.18. The molecule has 8 heteroatoms. The lowest BCUT2D eigenvalue weighted by atomic mass is 10.1. The molecule has 0 fully saturated rings. The van der Waals surface area contributed by atoms with Gasteiger partial charge in [0.25, 0.3) is 0 Å². The summed E-state index contributed by atoms with van der Waals surface area (Å²) in [5.74, 6) is -1.82. The lowest BCUT2D eigenvalue weighted by molar-refractivity contribution is 0.509. The van der Waals surface area contributed by atoms with Crippen molar-refractivity contribution in [2.75, 3.05) is 0 Å². The molecule has 41 heavy (non-hydrogen) atoms. The van der Waals surface area contributed by atoms with Gasteiger partial charge in [-0.2, -0.15) is 0 Å². The van der Waals surface area contributed by atoms with Gasteiger partial charge in [0.1, 0.15) is 5.82 Å². The molecule has 6 aromatic rings. The highest BCUT2D eigenvalue weighted by molar-refractivity contribution is 7.85. The fraction of sp³-hybridized carbons (Fsp3) is 0. The van der Waals surface area contributed by atoms with Gasteiger partial charge in [-0.05, 0) is 42.5 Å². The summed E-state index contributed by atoms with van der Waals surface area (Å²) < 4.78 is 56.0. The Hall–Kier alpha value is -4.87. The molecule has 0 unspecified atom stereocenters. The van der Waals surface area contributed by atoms with Crippen molar-refractivity contribution < 1.29 is 17.7 Å². The van der Waals surface area contributed by atoms with Crippen LogP contribution in [0.5, 0.6) is 0 Å². The molecule has 0 aliphatic rings. The standard InChI is InChI=1S/C33H21F3N3OP/c34-25-16-11-22(12-17-25)31-37-32(39-33(38-31)24-15-20-29(35)30(36)21-24)23-13-18-28(19-14-23)41(40,26-7-3-1-4-8-26)27-9-5-2-6-10-27/h1-21H. The molecule has 5 aromatic carbocycles. The molecule has 1 aromatic heterocycles. The third-order valence-corrected chi connectivity index (χ3v) is 9.72. The fourth-order valence-corrected chi connectivity index (χ4v) is 7.19. The van der Waals surface area contributed by atoms with Crippen LogP contribution in [0.4, 0.5) is 13.2 Å². The Morgan fingerprint density at radius 1 is 0.439 bits per heavy atom. The van der Waals surface area contributed by atoms with Crippen molar-refractivity contribution in [1.82, 2.24) is 15.0 Å². The van der Waals surface area contributed by atoms with Crippen LogP contribution < -0.4 is 15.9 Å². The van der Waals surface area contributed by atoms with Crippen LogP contribution in [0.15, 0.2) is 127 Å². The van der Waals surface area contributed by atoms with Crippen molar-refractivity contribution >= 4 is 23.1 Å². The number of aromatic nitrogens is 3. The third-order valence-electron chi connectivity index (χ3n) is 6.64. The van der Waals surface area contributed by atoms with Gasteiger partial charge < -0.3 is 4.57 Å². The summed E-state index contributed by atoms with van der Waals surface area (Å²) in [5.41, 5.74) is 1.37. The normalized spacial score (nSPS) is 11.4. The minimum absolute atomic E-state index is 0.122. The predicted octanol–water partition coefficient (Wildman–Crippen LogP) is 6.93. The zero-order chi connectivity index (χ0) is 28.4. The molecule has 0 amide bonds. The van der Waals surface area contributed by atoms with Crippen LogP contribution in [0.1, 0.15) is 0 Å². The van der Waals surface area contributed by atoms with E-state index < -0.39 is 24.6 Å². The van der Waals surface area contributed by atoms with Crippen LogP contribution in [-0.4, -0.2) is 15.0 Å². The van der Waals surface area contributed by atoms with Crippen LogP contribution in [0, 0.1) is 17.5 Å². The second-order valence-corrected chi connectivity index (χ2v) is 12.0. The Balaban J connectivity index is 1.47. The first kappa shape index (κ1) is 26.4. The topological polar surface area (TPSA) is 55.7 Å². The van der Waals surface area contributed by atoms with E-state index in [2.05, 4.69) is 15.0 Å². The summed E-state index contributed by atoms with van der Waals surface area (Å²) in [7, 11) is -3.18. The summed E-state index contributed by atoms with van der Waals surface area (Å²) in [6, 6.07) is 34.8. The molecule has 0 saturated carbocycles. The number of halogens is 3. The van der Waals surface area contributed by atoms with Crippen molar-refractivity contribution in [3.63, 3.8) is 0 Å². The van der Waals surface area contributed by atoms with Gasteiger partial charge in [0.2, 0.25) is 0 Å². The molecule has 6 rings (SSSR count). The average molecular weight is 564 g/mol. The molecular formula is C33H21F3N3OP. The highest BCUT2D eigenvalue weighted by Gasteiger charge is 2.29. The molecule has 1 heterocycles. The molecule has 0 spiro atoms. The lowest BCUT2D eigenvalue weighted by Gasteiger charge is -2.20. The first-order chi connectivity index (χ1) is 19.9. The van der Waals surface area contributed by atoms with Crippen molar-refractivity contribution in [2.45, 2.75) is 0 Å². The highest BCUT2D eigenvalue weighted by Crippen LogP contribution is 2.42. The number of rotatable bonds is 6. The summed E-state index contributed by atoms with van der Waals surface area (Å²) in [5, 5.41) is 2.05. The lowest BCUT2D eigenvalue weighted by Crippen LogP contribution is -2.24. The van der Waals surface area contributed by atoms with E-state index in [4.69, 9.17) is 0 Å². The number of nitrogens with zero attached hydrogens (tertiary/aromatic N) is 3. The molecular weight excluding hydrogens is 542 g/mol. The minimum Gasteiger partial charge on any atom is -0.309 e. The molecule has 0 N–H and O–H groups in total. The first-order valence-corrected chi connectivity index (χ1v) is 14.4. The SMILES string of the molecule is O=P(c1ccccc1)(c1ccccc1)c1ccc(-c2nc(-c3ccc(F)cc3)nc(-c3ccc(F)c(F)c3)n2)cc1. The summed E-state index contributed by atoms with van der Waals surface area (Å²) in [6.45, 7) is 0. The predicted molar refractivity (Wildman–Crippen MR) is 155 cm³/mol. The van der Waals surface area contributed by atoms with Crippen LogP contribution in [0.3, 0.4) is 0 Å². The molecule has 200 valence electrons. The van der Waals surface area contributed by atoms with Crippen LogP contribution in [0.25, 0.3) is 34.2 Å².